The van der Waals surface area contributed by atoms with Crippen LogP contribution in [0.4, 0.5) is 14.6 Å². The first-order valence-electron chi connectivity index (χ1n) is 9.24. The molecule has 0 bridgehead atoms. The Kier molecular flexibility index (Phi) is 5.00. The van der Waals surface area contributed by atoms with Gasteiger partial charge in [-0.25, -0.2) is 18.7 Å². The Labute approximate surface area is 161 Å². The molecule has 2 heterocycles. The minimum absolute atomic E-state index is 0.163. The predicted molar refractivity (Wildman–Crippen MR) is 103 cm³/mol. The van der Waals surface area contributed by atoms with Gasteiger partial charge in [0.15, 0.2) is 5.78 Å². The van der Waals surface area contributed by atoms with Gasteiger partial charge in [-0.05, 0) is 56.3 Å². The first-order valence-corrected chi connectivity index (χ1v) is 9.24. The number of likely N-dealkylation sites (tertiary alicyclic amines) is 1. The number of hydrogen-bond acceptors (Lipinski definition) is 5. The van der Waals surface area contributed by atoms with Crippen LogP contribution in [0.1, 0.15) is 29.0 Å². The van der Waals surface area contributed by atoms with E-state index < -0.39 is 11.6 Å². The molecule has 1 aromatic heterocycles. The van der Waals surface area contributed by atoms with Crippen LogP contribution in [-0.4, -0.2) is 33.7 Å². The summed E-state index contributed by atoms with van der Waals surface area (Å²) in [7, 11) is 0. The first-order chi connectivity index (χ1) is 13.5. The summed E-state index contributed by atoms with van der Waals surface area (Å²) in [4.78, 5) is 23.7. The molecule has 4 rings (SSSR count). The lowest BCUT2D eigenvalue weighted by Gasteiger charge is -2.30. The number of halogens is 2. The number of nitrogens with two attached hydrogens (primary N) is 1. The van der Waals surface area contributed by atoms with Gasteiger partial charge in [-0.3, -0.25) is 9.69 Å². The molecule has 0 atom stereocenters. The summed E-state index contributed by atoms with van der Waals surface area (Å²) in [5, 5.41) is 0.827. The number of para-hydroxylation sites is 1. The van der Waals surface area contributed by atoms with Crippen molar-refractivity contribution in [3.8, 4) is 0 Å². The number of fused-ring (bicyclic) bond motifs is 1. The molecule has 7 heteroatoms. The molecule has 0 spiro atoms. The Balaban J connectivity index is 1.42. The highest BCUT2D eigenvalue weighted by atomic mass is 19.1. The van der Waals surface area contributed by atoms with Gasteiger partial charge in [-0.2, -0.15) is 0 Å². The molecule has 5 nitrogen and oxygen atoms in total. The largest absolute Gasteiger partial charge is 0.383 e. The third-order valence-electron chi connectivity index (χ3n) is 5.20. The second-order valence-electron chi connectivity index (χ2n) is 7.08. The van der Waals surface area contributed by atoms with E-state index >= 15 is 0 Å². The number of anilines is 1. The number of piperidine rings is 1. The van der Waals surface area contributed by atoms with E-state index in [4.69, 9.17) is 5.73 Å². The average Bonchev–Trinajstić information content (AvgIpc) is 2.70. The minimum atomic E-state index is -0.672. The lowest BCUT2D eigenvalue weighted by Crippen LogP contribution is -2.36. The second-order valence-corrected chi connectivity index (χ2v) is 7.08. The second kappa shape index (κ2) is 7.59. The maximum Gasteiger partial charge on any atom is 0.169 e. The monoisotopic (exact) mass is 382 g/mol. The quantitative estimate of drug-likeness (QED) is 0.698. The van der Waals surface area contributed by atoms with E-state index in [0.717, 1.165) is 29.1 Å². The van der Waals surface area contributed by atoms with Crippen LogP contribution in [0.5, 0.6) is 0 Å². The van der Waals surface area contributed by atoms with Gasteiger partial charge in [0.1, 0.15) is 23.3 Å². The van der Waals surface area contributed by atoms with Crippen molar-refractivity contribution in [2.45, 2.75) is 19.4 Å². The SMILES string of the molecule is Nc1nc(CN2CCC(C(=O)c3cc(F)ccc3F)CC2)nc2ccccc12. The topological polar surface area (TPSA) is 72.1 Å². The number of Topliss-reactive ketones (excluding diaryl/α,β-unsaturated/α-hetero) is 1. The number of carbonyl (C=O) groups excluding carboxylic acids is 1. The van der Waals surface area contributed by atoms with Crippen LogP contribution in [0.3, 0.4) is 0 Å². The molecule has 0 saturated carbocycles. The zero-order valence-electron chi connectivity index (χ0n) is 15.2. The smallest absolute Gasteiger partial charge is 0.169 e. The number of carbonyl (C=O) groups is 1. The van der Waals surface area contributed by atoms with Gasteiger partial charge in [0, 0.05) is 11.3 Å². The molecule has 2 N–H and O–H groups in total. The zero-order valence-corrected chi connectivity index (χ0v) is 15.2. The molecular formula is C21H20F2N4O. The highest BCUT2D eigenvalue weighted by Crippen LogP contribution is 2.25. The van der Waals surface area contributed by atoms with Crippen LogP contribution < -0.4 is 5.73 Å². The van der Waals surface area contributed by atoms with Crippen molar-refractivity contribution in [3.05, 3.63) is 65.5 Å². The molecule has 1 aliphatic rings. The Morgan fingerprint density at radius 2 is 1.86 bits per heavy atom. The summed E-state index contributed by atoms with van der Waals surface area (Å²) in [6, 6.07) is 10.6. The highest BCUT2D eigenvalue weighted by molar-refractivity contribution is 5.98. The molecule has 144 valence electrons. The Morgan fingerprint density at radius 3 is 2.64 bits per heavy atom. The van der Waals surface area contributed by atoms with Gasteiger partial charge in [0.2, 0.25) is 0 Å². The highest BCUT2D eigenvalue weighted by Gasteiger charge is 2.28. The fraction of sp³-hybridized carbons (Fsp3) is 0.286. The Bertz CT molecular complexity index is 1030. The number of nitrogens with zero attached hydrogens (tertiary/aromatic N) is 3. The van der Waals surface area contributed by atoms with Crippen LogP contribution in [0.15, 0.2) is 42.5 Å². The normalized spacial score (nSPS) is 15.8. The molecule has 0 unspecified atom stereocenters. The van der Waals surface area contributed by atoms with E-state index in [0.29, 0.717) is 44.1 Å². The zero-order chi connectivity index (χ0) is 19.7. The van der Waals surface area contributed by atoms with Gasteiger partial charge in [-0.1, -0.05) is 12.1 Å². The van der Waals surface area contributed by atoms with Gasteiger partial charge < -0.3 is 5.73 Å². The number of ketones is 1. The summed E-state index contributed by atoms with van der Waals surface area (Å²) in [6.45, 7) is 1.84. The molecule has 0 radical (unpaired) electrons. The van der Waals surface area contributed by atoms with Crippen LogP contribution in [0.25, 0.3) is 10.9 Å². The summed E-state index contributed by atoms with van der Waals surface area (Å²) in [5.74, 6) is -0.829. The molecular weight excluding hydrogens is 362 g/mol. The lowest BCUT2D eigenvalue weighted by molar-refractivity contribution is 0.0828. The third kappa shape index (κ3) is 3.71. The molecule has 0 amide bonds. The van der Waals surface area contributed by atoms with E-state index in [9.17, 15) is 13.6 Å². The average molecular weight is 382 g/mol. The Hall–Kier alpha value is -2.93. The molecule has 28 heavy (non-hydrogen) atoms. The lowest BCUT2D eigenvalue weighted by atomic mass is 9.88. The number of aromatic nitrogens is 2. The molecule has 1 saturated heterocycles. The molecule has 0 aliphatic carbocycles. The summed E-state index contributed by atoms with van der Waals surface area (Å²) in [6.07, 6.45) is 1.16. The van der Waals surface area contributed by atoms with Crippen molar-refractivity contribution in [1.29, 1.82) is 0 Å². The number of rotatable bonds is 4. The van der Waals surface area contributed by atoms with Crippen molar-refractivity contribution >= 4 is 22.5 Å². The van der Waals surface area contributed by atoms with E-state index in [-0.39, 0.29) is 17.3 Å². The summed E-state index contributed by atoms with van der Waals surface area (Å²) < 4.78 is 27.2. The van der Waals surface area contributed by atoms with E-state index in [1.807, 2.05) is 24.3 Å². The maximum absolute atomic E-state index is 13.9. The van der Waals surface area contributed by atoms with Crippen LogP contribution in [-0.2, 0) is 6.54 Å². The van der Waals surface area contributed by atoms with Crippen molar-refractivity contribution in [2.75, 3.05) is 18.8 Å². The summed E-state index contributed by atoms with van der Waals surface area (Å²) in [5.41, 5.74) is 6.67. The van der Waals surface area contributed by atoms with Crippen LogP contribution >= 0.6 is 0 Å². The molecule has 3 aromatic rings. The van der Waals surface area contributed by atoms with E-state index in [1.54, 1.807) is 0 Å². The molecule has 2 aromatic carbocycles. The van der Waals surface area contributed by atoms with E-state index in [1.165, 1.54) is 0 Å². The molecule has 1 aliphatic heterocycles. The summed E-state index contributed by atoms with van der Waals surface area (Å²) >= 11 is 0. The van der Waals surface area contributed by atoms with Gasteiger partial charge in [0.25, 0.3) is 0 Å². The fourth-order valence-corrected chi connectivity index (χ4v) is 3.68. The predicted octanol–water partition coefficient (Wildman–Crippen LogP) is 3.59. The standard InChI is InChI=1S/C21H20F2N4O/c22-14-5-6-17(23)16(11-14)20(28)13-7-9-27(10-8-13)12-19-25-18-4-2-1-3-15(18)21(24)26-19/h1-6,11,13H,7-10,12H2,(H2,24,25,26). The van der Waals surface area contributed by atoms with Crippen molar-refractivity contribution < 1.29 is 13.6 Å². The molecule has 1 fully saturated rings. The number of nitrogen functional groups attached to an aromatic ring is 1. The fourth-order valence-electron chi connectivity index (χ4n) is 3.68. The maximum atomic E-state index is 13.9. The third-order valence-corrected chi connectivity index (χ3v) is 5.20. The van der Waals surface area contributed by atoms with Crippen LogP contribution in [0, 0.1) is 17.6 Å². The van der Waals surface area contributed by atoms with Crippen LogP contribution in [0.2, 0.25) is 0 Å². The first kappa shape index (κ1) is 18.4. The number of benzene rings is 2. The Morgan fingerprint density at radius 1 is 1.11 bits per heavy atom. The van der Waals surface area contributed by atoms with Gasteiger partial charge in [0.05, 0.1) is 17.6 Å². The number of hydrogen-bond donors (Lipinski definition) is 1. The minimum Gasteiger partial charge on any atom is -0.383 e. The van der Waals surface area contributed by atoms with Crippen molar-refractivity contribution in [1.82, 2.24) is 14.9 Å². The van der Waals surface area contributed by atoms with Crippen molar-refractivity contribution in [3.63, 3.8) is 0 Å². The van der Waals surface area contributed by atoms with Crippen molar-refractivity contribution in [2.24, 2.45) is 5.92 Å². The van der Waals surface area contributed by atoms with Gasteiger partial charge in [-0.15, -0.1) is 0 Å². The van der Waals surface area contributed by atoms with E-state index in [2.05, 4.69) is 14.9 Å². The van der Waals surface area contributed by atoms with Gasteiger partial charge >= 0.3 is 0 Å².